The van der Waals surface area contributed by atoms with Crippen molar-refractivity contribution < 1.29 is 9.90 Å². The molecule has 2 N–H and O–H groups in total. The molecule has 17 heavy (non-hydrogen) atoms. The molecule has 0 saturated heterocycles. The zero-order chi connectivity index (χ0) is 12.5. The molecule has 4 heteroatoms. The molecule has 1 amide bonds. The second-order valence-electron chi connectivity index (χ2n) is 4.84. The Kier molecular flexibility index (Phi) is 3.29. The van der Waals surface area contributed by atoms with Crippen LogP contribution in [0.1, 0.15) is 28.8 Å². The van der Waals surface area contributed by atoms with Gasteiger partial charge in [-0.2, -0.15) is 0 Å². The zero-order valence-corrected chi connectivity index (χ0v) is 10.5. The van der Waals surface area contributed by atoms with Gasteiger partial charge < -0.3 is 10.4 Å². The Hall–Kier alpha value is -1.22. The van der Waals surface area contributed by atoms with Gasteiger partial charge in [-0.05, 0) is 31.9 Å². The summed E-state index contributed by atoms with van der Waals surface area (Å²) >= 11 is 5.84. The van der Waals surface area contributed by atoms with Gasteiger partial charge in [0.15, 0.2) is 0 Å². The second-order valence-corrected chi connectivity index (χ2v) is 5.10. The van der Waals surface area contributed by atoms with Gasteiger partial charge in [0.1, 0.15) is 5.75 Å². The number of carbonyl (C=O) groups is 1. The minimum Gasteiger partial charge on any atom is -0.507 e. The van der Waals surface area contributed by atoms with E-state index in [1.165, 1.54) is 0 Å². The van der Waals surface area contributed by atoms with Gasteiger partial charge >= 0.3 is 0 Å². The lowest BCUT2D eigenvalue weighted by atomic mass is 10.1. The molecule has 0 aromatic heterocycles. The first-order chi connectivity index (χ1) is 8.06. The second kappa shape index (κ2) is 4.57. The highest BCUT2D eigenvalue weighted by atomic mass is 35.5. The first-order valence-electron chi connectivity index (χ1n) is 5.70. The van der Waals surface area contributed by atoms with Gasteiger partial charge in [-0.25, -0.2) is 0 Å². The van der Waals surface area contributed by atoms with Crippen LogP contribution in [0, 0.1) is 12.3 Å². The molecule has 1 aliphatic rings. The van der Waals surface area contributed by atoms with Gasteiger partial charge in [0, 0.05) is 17.8 Å². The number of hydrogen-bond donors (Lipinski definition) is 2. The van der Waals surface area contributed by atoms with Crippen LogP contribution in [-0.4, -0.2) is 23.4 Å². The van der Waals surface area contributed by atoms with E-state index in [-0.39, 0.29) is 17.1 Å². The Bertz CT molecular complexity index is 441. The SMILES string of the molecule is Cc1ccc(O)c(C(=O)NCC2(CCl)CC2)c1. The molecule has 1 aromatic rings. The maximum Gasteiger partial charge on any atom is 0.255 e. The summed E-state index contributed by atoms with van der Waals surface area (Å²) in [6.07, 6.45) is 2.13. The molecule has 1 aliphatic carbocycles. The molecule has 1 aromatic carbocycles. The van der Waals surface area contributed by atoms with Crippen LogP contribution in [0.4, 0.5) is 0 Å². The Balaban J connectivity index is 2.02. The fraction of sp³-hybridized carbons (Fsp3) is 0.462. The number of phenols is 1. The molecule has 0 bridgehead atoms. The summed E-state index contributed by atoms with van der Waals surface area (Å²) in [7, 11) is 0. The predicted molar refractivity (Wildman–Crippen MR) is 67.6 cm³/mol. The van der Waals surface area contributed by atoms with Crippen LogP contribution in [-0.2, 0) is 0 Å². The maximum absolute atomic E-state index is 11.9. The highest BCUT2D eigenvalue weighted by Crippen LogP contribution is 2.45. The van der Waals surface area contributed by atoms with E-state index in [1.807, 2.05) is 6.92 Å². The van der Waals surface area contributed by atoms with Crippen molar-refractivity contribution in [1.82, 2.24) is 5.32 Å². The fourth-order valence-corrected chi connectivity index (χ4v) is 2.09. The smallest absolute Gasteiger partial charge is 0.255 e. The molecule has 3 nitrogen and oxygen atoms in total. The van der Waals surface area contributed by atoms with E-state index in [0.717, 1.165) is 18.4 Å². The van der Waals surface area contributed by atoms with Crippen molar-refractivity contribution in [1.29, 1.82) is 0 Å². The van der Waals surface area contributed by atoms with E-state index in [1.54, 1.807) is 18.2 Å². The van der Waals surface area contributed by atoms with Crippen molar-refractivity contribution in [3.63, 3.8) is 0 Å². The van der Waals surface area contributed by atoms with Crippen molar-refractivity contribution >= 4 is 17.5 Å². The van der Waals surface area contributed by atoms with E-state index < -0.39 is 0 Å². The number of hydrogen-bond acceptors (Lipinski definition) is 2. The van der Waals surface area contributed by atoms with Crippen molar-refractivity contribution in [3.05, 3.63) is 29.3 Å². The largest absolute Gasteiger partial charge is 0.507 e. The lowest BCUT2D eigenvalue weighted by molar-refractivity contribution is 0.0943. The molecule has 92 valence electrons. The van der Waals surface area contributed by atoms with Crippen LogP contribution >= 0.6 is 11.6 Å². The predicted octanol–water partition coefficient (Wildman–Crippen LogP) is 2.45. The van der Waals surface area contributed by atoms with Crippen LogP contribution in [0.15, 0.2) is 18.2 Å². The molecule has 1 saturated carbocycles. The highest BCUT2D eigenvalue weighted by molar-refractivity contribution is 6.18. The Morgan fingerprint density at radius 2 is 2.24 bits per heavy atom. The summed E-state index contributed by atoms with van der Waals surface area (Å²) in [6, 6.07) is 5.00. The minimum absolute atomic E-state index is 0.0174. The lowest BCUT2D eigenvalue weighted by Crippen LogP contribution is -2.31. The third-order valence-corrected chi connectivity index (χ3v) is 3.83. The molecule has 2 rings (SSSR count). The standard InChI is InChI=1S/C13H16ClNO2/c1-9-2-3-11(16)10(6-9)12(17)15-8-13(7-14)4-5-13/h2-3,6,16H,4-5,7-8H2,1H3,(H,15,17). The maximum atomic E-state index is 11.9. The number of halogens is 1. The van der Waals surface area contributed by atoms with E-state index in [9.17, 15) is 9.90 Å². The van der Waals surface area contributed by atoms with E-state index in [2.05, 4.69) is 5.32 Å². The summed E-state index contributed by atoms with van der Waals surface area (Å²) in [6.45, 7) is 2.47. The monoisotopic (exact) mass is 253 g/mol. The first-order valence-corrected chi connectivity index (χ1v) is 6.24. The van der Waals surface area contributed by atoms with Crippen LogP contribution in [0.25, 0.3) is 0 Å². The van der Waals surface area contributed by atoms with Crippen LogP contribution < -0.4 is 5.32 Å². The lowest BCUT2D eigenvalue weighted by Gasteiger charge is -2.13. The van der Waals surface area contributed by atoms with Crippen molar-refractivity contribution in [2.24, 2.45) is 5.41 Å². The average molecular weight is 254 g/mol. The number of alkyl halides is 1. The number of aryl methyl sites for hydroxylation is 1. The minimum atomic E-state index is -0.234. The number of nitrogens with one attached hydrogen (secondary N) is 1. The highest BCUT2D eigenvalue weighted by Gasteiger charge is 2.41. The van der Waals surface area contributed by atoms with Gasteiger partial charge in [0.2, 0.25) is 0 Å². The number of rotatable bonds is 4. The third kappa shape index (κ3) is 2.72. The molecule has 0 aliphatic heterocycles. The van der Waals surface area contributed by atoms with Gasteiger partial charge in [-0.1, -0.05) is 11.6 Å². The van der Waals surface area contributed by atoms with Crippen LogP contribution in [0.3, 0.4) is 0 Å². The van der Waals surface area contributed by atoms with Crippen LogP contribution in [0.2, 0.25) is 0 Å². The summed E-state index contributed by atoms with van der Waals surface area (Å²) in [5.41, 5.74) is 1.37. The quantitative estimate of drug-likeness (QED) is 0.810. The first kappa shape index (κ1) is 12.2. The van der Waals surface area contributed by atoms with E-state index in [4.69, 9.17) is 11.6 Å². The Labute approximate surface area is 106 Å². The topological polar surface area (TPSA) is 49.3 Å². The molecular weight excluding hydrogens is 238 g/mol. The van der Waals surface area contributed by atoms with Crippen molar-refractivity contribution in [2.45, 2.75) is 19.8 Å². The van der Waals surface area contributed by atoms with Gasteiger partial charge in [-0.3, -0.25) is 4.79 Å². The number of amides is 1. The molecule has 1 fully saturated rings. The Morgan fingerprint density at radius 1 is 1.53 bits per heavy atom. The summed E-state index contributed by atoms with van der Waals surface area (Å²) < 4.78 is 0. The summed E-state index contributed by atoms with van der Waals surface area (Å²) in [5, 5.41) is 12.5. The van der Waals surface area contributed by atoms with E-state index in [0.29, 0.717) is 18.0 Å². The number of phenolic OH excluding ortho intramolecular Hbond substituents is 1. The molecule has 0 atom stereocenters. The van der Waals surface area contributed by atoms with E-state index >= 15 is 0 Å². The zero-order valence-electron chi connectivity index (χ0n) is 9.79. The average Bonchev–Trinajstić information content (AvgIpc) is 3.10. The molecule has 0 unspecified atom stereocenters. The molecule has 0 spiro atoms. The van der Waals surface area contributed by atoms with Gasteiger partial charge in [0.25, 0.3) is 5.91 Å². The Morgan fingerprint density at radius 3 is 2.82 bits per heavy atom. The third-order valence-electron chi connectivity index (χ3n) is 3.26. The molecule has 0 radical (unpaired) electrons. The number of benzene rings is 1. The van der Waals surface area contributed by atoms with Crippen molar-refractivity contribution in [2.75, 3.05) is 12.4 Å². The molecule has 0 heterocycles. The normalized spacial score (nSPS) is 16.6. The summed E-state index contributed by atoms with van der Waals surface area (Å²) in [5.74, 6) is 0.360. The number of carbonyl (C=O) groups excluding carboxylic acids is 1. The van der Waals surface area contributed by atoms with Crippen molar-refractivity contribution in [3.8, 4) is 5.75 Å². The van der Waals surface area contributed by atoms with Crippen LogP contribution in [0.5, 0.6) is 5.75 Å². The molecular formula is C13H16ClNO2. The van der Waals surface area contributed by atoms with Gasteiger partial charge in [0.05, 0.1) is 5.56 Å². The fourth-order valence-electron chi connectivity index (χ4n) is 1.73. The number of aromatic hydroxyl groups is 1. The summed E-state index contributed by atoms with van der Waals surface area (Å²) in [4.78, 5) is 11.9. The van der Waals surface area contributed by atoms with Gasteiger partial charge in [-0.15, -0.1) is 11.6 Å².